The summed E-state index contributed by atoms with van der Waals surface area (Å²) in [6.45, 7) is 1.23. The van der Waals surface area contributed by atoms with Crippen LogP contribution in [0.3, 0.4) is 0 Å². The Balaban J connectivity index is 1.69. The Hall–Kier alpha value is -2.56. The van der Waals surface area contributed by atoms with Crippen molar-refractivity contribution < 1.29 is 18.7 Å². The molecule has 22 heavy (non-hydrogen) atoms. The van der Waals surface area contributed by atoms with Gasteiger partial charge in [0, 0.05) is 31.5 Å². The topological polar surface area (TPSA) is 59.8 Å². The molecule has 3 rings (SSSR count). The number of carbonyl (C=O) groups is 2. The van der Waals surface area contributed by atoms with E-state index in [9.17, 15) is 9.59 Å². The molecule has 1 fully saturated rings. The van der Waals surface area contributed by atoms with E-state index in [0.717, 1.165) is 17.5 Å². The summed E-state index contributed by atoms with van der Waals surface area (Å²) in [6.07, 6.45) is 3.47. The summed E-state index contributed by atoms with van der Waals surface area (Å²) in [7, 11) is 0. The predicted octanol–water partition coefficient (Wildman–Crippen LogP) is 2.72. The van der Waals surface area contributed by atoms with Gasteiger partial charge in [-0.2, -0.15) is 0 Å². The molecule has 1 amide bonds. The van der Waals surface area contributed by atoms with Crippen molar-refractivity contribution in [3.8, 4) is 11.1 Å². The Bertz CT molecular complexity index is 642. The number of likely N-dealkylation sites (tertiary alicyclic amines) is 1. The molecule has 5 heteroatoms. The summed E-state index contributed by atoms with van der Waals surface area (Å²) in [4.78, 5) is 24.7. The van der Waals surface area contributed by atoms with E-state index in [-0.39, 0.29) is 11.9 Å². The Morgan fingerprint density at radius 2 is 1.91 bits per heavy atom. The Morgan fingerprint density at radius 1 is 1.18 bits per heavy atom. The molecule has 1 aromatic carbocycles. The first kappa shape index (κ1) is 14.4. The maximum Gasteiger partial charge on any atom is 0.375 e. The lowest BCUT2D eigenvalue weighted by Crippen LogP contribution is -2.36. The molecule has 0 saturated carbocycles. The maximum absolute atomic E-state index is 12.3. The maximum atomic E-state index is 12.3. The first-order chi connectivity index (χ1) is 10.8. The van der Waals surface area contributed by atoms with Crippen LogP contribution in [0.5, 0.6) is 0 Å². The largest absolute Gasteiger partial charge is 0.457 e. The quantitative estimate of drug-likeness (QED) is 0.643. The fourth-order valence-corrected chi connectivity index (χ4v) is 2.62. The van der Waals surface area contributed by atoms with E-state index >= 15 is 0 Å². The van der Waals surface area contributed by atoms with Crippen LogP contribution in [0.25, 0.3) is 11.1 Å². The fourth-order valence-electron chi connectivity index (χ4n) is 2.62. The van der Waals surface area contributed by atoms with Gasteiger partial charge in [-0.25, -0.2) is 4.79 Å². The SMILES string of the molecule is O=CN1CCC(OC(=O)c2occc2-c2ccccc2)CC1. The van der Waals surface area contributed by atoms with Crippen molar-refractivity contribution in [1.82, 2.24) is 4.90 Å². The van der Waals surface area contributed by atoms with Crippen LogP contribution in [-0.2, 0) is 9.53 Å². The first-order valence-electron chi connectivity index (χ1n) is 7.31. The molecule has 1 aliphatic rings. The molecule has 0 atom stereocenters. The smallest absolute Gasteiger partial charge is 0.375 e. The zero-order valence-electron chi connectivity index (χ0n) is 12.1. The lowest BCUT2D eigenvalue weighted by Gasteiger charge is -2.28. The van der Waals surface area contributed by atoms with Crippen molar-refractivity contribution in [2.75, 3.05) is 13.1 Å². The summed E-state index contributed by atoms with van der Waals surface area (Å²) in [5, 5.41) is 0. The third-order valence-corrected chi connectivity index (χ3v) is 3.83. The number of carbonyl (C=O) groups excluding carboxylic acids is 2. The zero-order chi connectivity index (χ0) is 15.4. The van der Waals surface area contributed by atoms with E-state index in [4.69, 9.17) is 9.15 Å². The van der Waals surface area contributed by atoms with Crippen molar-refractivity contribution in [3.05, 3.63) is 48.4 Å². The van der Waals surface area contributed by atoms with Crippen molar-refractivity contribution in [1.29, 1.82) is 0 Å². The molecule has 2 heterocycles. The van der Waals surface area contributed by atoms with Crippen molar-refractivity contribution in [3.63, 3.8) is 0 Å². The van der Waals surface area contributed by atoms with Crippen LogP contribution in [0.4, 0.5) is 0 Å². The Kier molecular flexibility index (Phi) is 4.23. The number of ether oxygens (including phenoxy) is 1. The second kappa shape index (κ2) is 6.47. The summed E-state index contributed by atoms with van der Waals surface area (Å²) in [5.74, 6) is -0.225. The number of hydrogen-bond acceptors (Lipinski definition) is 4. The van der Waals surface area contributed by atoms with Gasteiger partial charge in [-0.15, -0.1) is 0 Å². The minimum Gasteiger partial charge on any atom is -0.457 e. The number of hydrogen-bond donors (Lipinski definition) is 0. The molecule has 114 valence electrons. The van der Waals surface area contributed by atoms with E-state index in [2.05, 4.69) is 0 Å². The summed E-state index contributed by atoms with van der Waals surface area (Å²) in [6, 6.07) is 11.3. The fraction of sp³-hybridized carbons (Fsp3) is 0.294. The van der Waals surface area contributed by atoms with E-state index < -0.39 is 5.97 Å². The Labute approximate surface area is 128 Å². The third kappa shape index (κ3) is 3.03. The highest BCUT2D eigenvalue weighted by Gasteiger charge is 2.25. The van der Waals surface area contributed by atoms with E-state index in [1.807, 2.05) is 30.3 Å². The number of benzene rings is 1. The minimum atomic E-state index is -0.451. The van der Waals surface area contributed by atoms with Gasteiger partial charge >= 0.3 is 5.97 Å². The molecule has 0 unspecified atom stereocenters. The standard InChI is InChI=1S/C17H17NO4/c19-12-18-9-6-14(7-10-18)22-17(20)16-15(8-11-21-16)13-4-2-1-3-5-13/h1-5,8,11-12,14H,6-7,9-10H2. The molecule has 2 aromatic rings. The van der Waals surface area contributed by atoms with Gasteiger partial charge in [0.05, 0.1) is 6.26 Å². The number of furan rings is 1. The van der Waals surface area contributed by atoms with Gasteiger partial charge in [0.1, 0.15) is 6.10 Å². The second-order valence-corrected chi connectivity index (χ2v) is 5.28. The van der Waals surface area contributed by atoms with Crippen molar-refractivity contribution in [2.24, 2.45) is 0 Å². The number of rotatable bonds is 4. The van der Waals surface area contributed by atoms with Gasteiger partial charge in [-0.1, -0.05) is 30.3 Å². The van der Waals surface area contributed by atoms with Crippen LogP contribution in [0.15, 0.2) is 47.1 Å². The van der Waals surface area contributed by atoms with Crippen molar-refractivity contribution >= 4 is 12.4 Å². The minimum absolute atomic E-state index is 0.169. The average Bonchev–Trinajstić information content (AvgIpc) is 3.06. The molecule has 5 nitrogen and oxygen atoms in total. The molecule has 0 aliphatic carbocycles. The molecule has 0 N–H and O–H groups in total. The van der Waals surface area contributed by atoms with E-state index in [0.29, 0.717) is 25.9 Å². The van der Waals surface area contributed by atoms with Crippen LogP contribution < -0.4 is 0 Å². The lowest BCUT2D eigenvalue weighted by molar-refractivity contribution is -0.120. The summed E-state index contributed by atoms with van der Waals surface area (Å²) in [5.41, 5.74) is 1.65. The number of nitrogens with zero attached hydrogens (tertiary/aromatic N) is 1. The molecule has 0 bridgehead atoms. The number of esters is 1. The number of piperidine rings is 1. The summed E-state index contributed by atoms with van der Waals surface area (Å²) < 4.78 is 10.8. The molecular weight excluding hydrogens is 282 g/mol. The van der Waals surface area contributed by atoms with E-state index in [1.165, 1.54) is 6.26 Å². The molecule has 0 spiro atoms. The molecular formula is C17H17NO4. The molecule has 1 saturated heterocycles. The van der Waals surface area contributed by atoms with E-state index in [1.54, 1.807) is 11.0 Å². The Morgan fingerprint density at radius 3 is 2.59 bits per heavy atom. The van der Waals surface area contributed by atoms with Gasteiger partial charge in [0.15, 0.2) is 0 Å². The predicted molar refractivity (Wildman–Crippen MR) is 80.2 cm³/mol. The summed E-state index contributed by atoms with van der Waals surface area (Å²) >= 11 is 0. The molecule has 0 radical (unpaired) electrons. The lowest BCUT2D eigenvalue weighted by atomic mass is 10.1. The second-order valence-electron chi connectivity index (χ2n) is 5.28. The van der Waals surface area contributed by atoms with Crippen LogP contribution >= 0.6 is 0 Å². The number of amides is 1. The van der Waals surface area contributed by atoms with Gasteiger partial charge in [-0.3, -0.25) is 4.79 Å². The van der Waals surface area contributed by atoms with Crippen LogP contribution in [0, 0.1) is 0 Å². The molecule has 1 aliphatic heterocycles. The zero-order valence-corrected chi connectivity index (χ0v) is 12.1. The van der Waals surface area contributed by atoms with Gasteiger partial charge < -0.3 is 14.1 Å². The van der Waals surface area contributed by atoms with Gasteiger partial charge in [0.25, 0.3) is 0 Å². The highest BCUT2D eigenvalue weighted by atomic mass is 16.6. The molecule has 1 aromatic heterocycles. The van der Waals surface area contributed by atoms with Crippen LogP contribution in [0.1, 0.15) is 23.4 Å². The van der Waals surface area contributed by atoms with Crippen LogP contribution in [0.2, 0.25) is 0 Å². The normalized spacial score (nSPS) is 15.5. The average molecular weight is 299 g/mol. The first-order valence-corrected chi connectivity index (χ1v) is 7.31. The monoisotopic (exact) mass is 299 g/mol. The highest BCUT2D eigenvalue weighted by Crippen LogP contribution is 2.26. The van der Waals surface area contributed by atoms with Gasteiger partial charge in [0.2, 0.25) is 12.2 Å². The highest BCUT2D eigenvalue weighted by molar-refractivity contribution is 5.94. The third-order valence-electron chi connectivity index (χ3n) is 3.83. The van der Waals surface area contributed by atoms with Gasteiger partial charge in [-0.05, 0) is 11.6 Å². The van der Waals surface area contributed by atoms with Crippen LogP contribution in [-0.4, -0.2) is 36.5 Å². The van der Waals surface area contributed by atoms with Crippen molar-refractivity contribution in [2.45, 2.75) is 18.9 Å².